The predicted molar refractivity (Wildman–Crippen MR) is 70.1 cm³/mol. The van der Waals surface area contributed by atoms with Crippen LogP contribution in [0.3, 0.4) is 0 Å². The number of ether oxygens (including phenoxy) is 1. The van der Waals surface area contributed by atoms with Crippen LogP contribution in [0, 0.1) is 0 Å². The van der Waals surface area contributed by atoms with Crippen LogP contribution in [0.1, 0.15) is 18.4 Å². The Kier molecular flexibility index (Phi) is 6.54. The van der Waals surface area contributed by atoms with Gasteiger partial charge in [-0.15, -0.1) is 0 Å². The van der Waals surface area contributed by atoms with Gasteiger partial charge in [-0.2, -0.15) is 0 Å². The highest BCUT2D eigenvalue weighted by Gasteiger charge is 2.30. The molecule has 1 rings (SSSR count). The summed E-state index contributed by atoms with van der Waals surface area (Å²) in [5.74, 6) is -3.52. The molecule has 0 unspecified atom stereocenters. The third-order valence-electron chi connectivity index (χ3n) is 2.75. The maximum absolute atomic E-state index is 13.5. The number of nitrogens with zero attached hydrogens (tertiary/aromatic N) is 1. The quantitative estimate of drug-likeness (QED) is 0.690. The van der Waals surface area contributed by atoms with E-state index in [-0.39, 0.29) is 13.0 Å². The number of alkyl halides is 2. The molecule has 4 nitrogen and oxygen atoms in total. The van der Waals surface area contributed by atoms with E-state index in [4.69, 9.17) is 4.74 Å². The normalized spacial score (nSPS) is 11.4. The van der Waals surface area contributed by atoms with Crippen LogP contribution >= 0.6 is 0 Å². The maximum Gasteiger partial charge on any atom is 0.271 e. The molecule has 0 aliphatic heterocycles. The van der Waals surface area contributed by atoms with E-state index in [1.54, 1.807) is 12.1 Å². The number of carbonyl (C=O) groups excluding carboxylic acids is 1. The van der Waals surface area contributed by atoms with Gasteiger partial charge in [-0.25, -0.2) is 13.8 Å². The molecule has 0 spiro atoms. The van der Waals surface area contributed by atoms with Crippen LogP contribution in [-0.4, -0.2) is 37.7 Å². The Morgan fingerprint density at radius 3 is 2.55 bits per heavy atom. The Balaban J connectivity index is 2.29. The Hall–Kier alpha value is -1.53. The summed E-state index contributed by atoms with van der Waals surface area (Å²) in [6.07, 6.45) is -0.847. The second kappa shape index (κ2) is 7.91. The summed E-state index contributed by atoms with van der Waals surface area (Å²) in [4.78, 5) is 16.0. The van der Waals surface area contributed by atoms with Crippen LogP contribution in [0.5, 0.6) is 0 Å². The molecule has 0 fully saturated rings. The van der Waals surface area contributed by atoms with Crippen LogP contribution in [0.15, 0.2) is 30.3 Å². The number of hydroxylamine groups is 2. The first kappa shape index (κ1) is 16.5. The lowest BCUT2D eigenvalue weighted by Crippen LogP contribution is -2.30. The molecule has 6 heteroatoms. The molecular weight excluding hydrogens is 268 g/mol. The third-order valence-corrected chi connectivity index (χ3v) is 2.75. The Bertz CT molecular complexity index is 412. The summed E-state index contributed by atoms with van der Waals surface area (Å²) in [6, 6.07) is 9.08. The summed E-state index contributed by atoms with van der Waals surface area (Å²) >= 11 is 0. The molecular formula is C14H19F2NO3. The number of hydrogen-bond acceptors (Lipinski definition) is 3. The lowest BCUT2D eigenvalue weighted by atomic mass is 10.2. The molecule has 20 heavy (non-hydrogen) atoms. The predicted octanol–water partition coefficient (Wildman–Crippen LogP) is 2.64. The van der Waals surface area contributed by atoms with E-state index in [9.17, 15) is 13.6 Å². The number of amides is 1. The van der Waals surface area contributed by atoms with Gasteiger partial charge in [0.1, 0.15) is 6.61 Å². The zero-order valence-corrected chi connectivity index (χ0v) is 11.6. The molecule has 1 amide bonds. The number of hydrogen-bond donors (Lipinski definition) is 0. The van der Waals surface area contributed by atoms with Crippen molar-refractivity contribution in [1.82, 2.24) is 5.06 Å². The van der Waals surface area contributed by atoms with Crippen LogP contribution < -0.4 is 0 Å². The first-order valence-electron chi connectivity index (χ1n) is 6.25. The van der Waals surface area contributed by atoms with Crippen LogP contribution in [0.25, 0.3) is 0 Å². The van der Waals surface area contributed by atoms with Crippen LogP contribution in [0.4, 0.5) is 8.78 Å². The zero-order valence-electron chi connectivity index (χ0n) is 11.6. The van der Waals surface area contributed by atoms with Crippen molar-refractivity contribution in [2.45, 2.75) is 25.4 Å². The van der Waals surface area contributed by atoms with Gasteiger partial charge in [0.15, 0.2) is 0 Å². The molecule has 0 saturated heterocycles. The maximum atomic E-state index is 13.5. The molecule has 0 aliphatic rings. The highest BCUT2D eigenvalue weighted by Crippen LogP contribution is 2.21. The van der Waals surface area contributed by atoms with Gasteiger partial charge in [0.25, 0.3) is 5.92 Å². The van der Waals surface area contributed by atoms with Gasteiger partial charge in [0.05, 0.1) is 13.7 Å². The largest absolute Gasteiger partial charge is 0.371 e. The second-order valence-corrected chi connectivity index (χ2v) is 4.41. The molecule has 112 valence electrons. The summed E-state index contributed by atoms with van der Waals surface area (Å²) in [5, 5.41) is 0.931. The van der Waals surface area contributed by atoms with Crippen molar-refractivity contribution >= 4 is 5.91 Å². The lowest BCUT2D eigenvalue weighted by molar-refractivity contribution is -0.171. The molecule has 0 bridgehead atoms. The minimum Gasteiger partial charge on any atom is -0.371 e. The first-order valence-corrected chi connectivity index (χ1v) is 6.25. The average molecular weight is 287 g/mol. The van der Waals surface area contributed by atoms with Crippen molar-refractivity contribution in [3.8, 4) is 0 Å². The lowest BCUT2D eigenvalue weighted by Gasteiger charge is -2.18. The van der Waals surface area contributed by atoms with Crippen LogP contribution in [0.2, 0.25) is 0 Å². The summed E-state index contributed by atoms with van der Waals surface area (Å²) in [5.41, 5.74) is 0.832. The van der Waals surface area contributed by atoms with E-state index in [2.05, 4.69) is 4.84 Å². The minimum absolute atomic E-state index is 0.127. The van der Waals surface area contributed by atoms with E-state index in [1.165, 1.54) is 14.2 Å². The van der Waals surface area contributed by atoms with Gasteiger partial charge in [-0.1, -0.05) is 30.3 Å². The fraction of sp³-hybridized carbons (Fsp3) is 0.500. The fourth-order valence-electron chi connectivity index (χ4n) is 1.51. The monoisotopic (exact) mass is 287 g/mol. The second-order valence-electron chi connectivity index (χ2n) is 4.41. The van der Waals surface area contributed by atoms with E-state index in [1.807, 2.05) is 18.2 Å². The third kappa shape index (κ3) is 6.08. The van der Waals surface area contributed by atoms with Crippen molar-refractivity contribution < 1.29 is 23.1 Å². The van der Waals surface area contributed by atoms with E-state index >= 15 is 0 Å². The minimum atomic E-state index is -3.03. The fourth-order valence-corrected chi connectivity index (χ4v) is 1.51. The number of halogens is 2. The Morgan fingerprint density at radius 1 is 1.30 bits per heavy atom. The van der Waals surface area contributed by atoms with Crippen molar-refractivity contribution in [3.05, 3.63) is 35.9 Å². The molecule has 0 radical (unpaired) electrons. The number of carbonyl (C=O) groups is 1. The summed E-state index contributed by atoms with van der Waals surface area (Å²) < 4.78 is 32.0. The molecule has 0 aliphatic carbocycles. The van der Waals surface area contributed by atoms with Crippen LogP contribution in [-0.2, 0) is 21.0 Å². The van der Waals surface area contributed by atoms with Crippen molar-refractivity contribution in [2.75, 3.05) is 20.8 Å². The standard InChI is InChI=1S/C14H19F2NO3/c1-17(19-2)13(18)8-9-14(15,16)11-20-10-12-6-4-3-5-7-12/h3-7H,8-11H2,1-2H3. The van der Waals surface area contributed by atoms with Crippen molar-refractivity contribution in [2.24, 2.45) is 0 Å². The summed E-state index contributed by atoms with van der Waals surface area (Å²) in [7, 11) is 2.69. The first-order chi connectivity index (χ1) is 9.44. The highest BCUT2D eigenvalue weighted by atomic mass is 19.3. The molecule has 0 heterocycles. The SMILES string of the molecule is CON(C)C(=O)CCC(F)(F)COCc1ccccc1. The van der Waals surface area contributed by atoms with E-state index in [0.717, 1.165) is 10.6 Å². The van der Waals surface area contributed by atoms with Gasteiger partial charge >= 0.3 is 0 Å². The average Bonchev–Trinajstić information content (AvgIpc) is 2.45. The molecule has 0 N–H and O–H groups in total. The number of rotatable bonds is 8. The topological polar surface area (TPSA) is 38.8 Å². The highest BCUT2D eigenvalue weighted by molar-refractivity contribution is 5.74. The summed E-state index contributed by atoms with van der Waals surface area (Å²) in [6.45, 7) is -0.575. The van der Waals surface area contributed by atoms with Gasteiger partial charge in [-0.05, 0) is 5.56 Å². The molecule has 1 aromatic carbocycles. The van der Waals surface area contributed by atoms with Gasteiger partial charge < -0.3 is 4.74 Å². The smallest absolute Gasteiger partial charge is 0.271 e. The molecule has 0 atom stereocenters. The Morgan fingerprint density at radius 2 is 1.95 bits per heavy atom. The zero-order chi connectivity index (χ0) is 15.0. The molecule has 1 aromatic rings. The molecule has 0 saturated carbocycles. The van der Waals surface area contributed by atoms with E-state index in [0.29, 0.717) is 0 Å². The van der Waals surface area contributed by atoms with Crippen molar-refractivity contribution in [3.63, 3.8) is 0 Å². The van der Waals surface area contributed by atoms with Gasteiger partial charge in [0.2, 0.25) is 5.91 Å². The Labute approximate surface area is 117 Å². The molecule has 0 aromatic heterocycles. The number of benzene rings is 1. The van der Waals surface area contributed by atoms with Crippen molar-refractivity contribution in [1.29, 1.82) is 0 Å². The van der Waals surface area contributed by atoms with Gasteiger partial charge in [-0.3, -0.25) is 9.63 Å². The van der Waals surface area contributed by atoms with E-state index < -0.39 is 24.9 Å². The van der Waals surface area contributed by atoms with Gasteiger partial charge in [0, 0.05) is 19.9 Å².